The van der Waals surface area contributed by atoms with E-state index in [0.29, 0.717) is 12.8 Å². The van der Waals surface area contributed by atoms with Crippen LogP contribution >= 0.6 is 11.3 Å². The molecule has 1 aliphatic heterocycles. The first-order chi connectivity index (χ1) is 11.1. The first-order valence-electron chi connectivity index (χ1n) is 7.80. The van der Waals surface area contributed by atoms with E-state index in [2.05, 4.69) is 6.07 Å². The molecule has 2 amide bonds. The van der Waals surface area contributed by atoms with Crippen LogP contribution in [0.4, 0.5) is 5.69 Å². The number of anilines is 1. The molecule has 1 aromatic heterocycles. The summed E-state index contributed by atoms with van der Waals surface area (Å²) in [7, 11) is 0. The maximum Gasteiger partial charge on any atom is 0.227 e. The summed E-state index contributed by atoms with van der Waals surface area (Å²) >= 11 is 1.67. The zero-order chi connectivity index (χ0) is 16.4. The summed E-state index contributed by atoms with van der Waals surface area (Å²) in [5.41, 5.74) is 7.24. The third-order valence-corrected chi connectivity index (χ3v) is 5.30. The summed E-state index contributed by atoms with van der Waals surface area (Å²) in [6, 6.07) is 11.6. The van der Waals surface area contributed by atoms with Crippen molar-refractivity contribution in [1.29, 1.82) is 0 Å². The number of rotatable bonds is 4. The summed E-state index contributed by atoms with van der Waals surface area (Å²) in [4.78, 5) is 27.5. The predicted octanol–water partition coefficient (Wildman–Crippen LogP) is 3.08. The maximum atomic E-state index is 12.8. The number of thiophene rings is 1. The fourth-order valence-corrected chi connectivity index (χ4v) is 3.98. The molecule has 0 radical (unpaired) electrons. The van der Waals surface area contributed by atoms with Gasteiger partial charge in [-0.05, 0) is 42.8 Å². The van der Waals surface area contributed by atoms with Crippen molar-refractivity contribution >= 4 is 28.8 Å². The van der Waals surface area contributed by atoms with Gasteiger partial charge in [0, 0.05) is 23.0 Å². The molecule has 0 unspecified atom stereocenters. The zero-order valence-corrected chi connectivity index (χ0v) is 13.9. The minimum Gasteiger partial charge on any atom is -0.369 e. The fourth-order valence-electron chi connectivity index (χ4n) is 3.27. The van der Waals surface area contributed by atoms with Gasteiger partial charge in [0.1, 0.15) is 0 Å². The second kappa shape index (κ2) is 6.54. The number of fused-ring (bicyclic) bond motifs is 1. The first-order valence-corrected chi connectivity index (χ1v) is 8.68. The number of amides is 2. The van der Waals surface area contributed by atoms with Gasteiger partial charge in [0.2, 0.25) is 11.8 Å². The van der Waals surface area contributed by atoms with E-state index in [1.807, 2.05) is 47.5 Å². The van der Waals surface area contributed by atoms with Crippen molar-refractivity contribution in [3.8, 4) is 0 Å². The van der Waals surface area contributed by atoms with E-state index < -0.39 is 0 Å². The van der Waals surface area contributed by atoms with Gasteiger partial charge in [0.25, 0.3) is 0 Å². The van der Waals surface area contributed by atoms with Crippen LogP contribution in [0.25, 0.3) is 0 Å². The standard InChI is InChI=1S/C18H20N2O2S/c1-12-11-15(18(19)22)14-6-2-3-7-16(14)20(12)17(21)9-8-13-5-4-10-23-13/h2-7,10,12,15H,8-9,11H2,1H3,(H2,19,22)/t12-,15-/m0/s1. The number of hydrogen-bond donors (Lipinski definition) is 1. The molecule has 0 fully saturated rings. The van der Waals surface area contributed by atoms with E-state index in [1.165, 1.54) is 4.88 Å². The van der Waals surface area contributed by atoms with E-state index in [-0.39, 0.29) is 23.8 Å². The van der Waals surface area contributed by atoms with Crippen molar-refractivity contribution in [2.75, 3.05) is 4.90 Å². The van der Waals surface area contributed by atoms with Crippen molar-refractivity contribution in [2.45, 2.75) is 38.1 Å². The molecule has 0 bridgehead atoms. The monoisotopic (exact) mass is 328 g/mol. The van der Waals surface area contributed by atoms with Crippen molar-refractivity contribution in [2.24, 2.45) is 5.73 Å². The van der Waals surface area contributed by atoms with Crippen LogP contribution < -0.4 is 10.6 Å². The average Bonchev–Trinajstić information content (AvgIpc) is 3.05. The molecule has 0 saturated carbocycles. The normalized spacial score (nSPS) is 20.1. The Balaban J connectivity index is 1.84. The van der Waals surface area contributed by atoms with Crippen LogP contribution in [0, 0.1) is 0 Å². The largest absolute Gasteiger partial charge is 0.369 e. The topological polar surface area (TPSA) is 63.4 Å². The Labute approximate surface area is 139 Å². The van der Waals surface area contributed by atoms with Crippen LogP contribution in [0.15, 0.2) is 41.8 Å². The lowest BCUT2D eigenvalue weighted by Crippen LogP contribution is -2.45. The van der Waals surface area contributed by atoms with Gasteiger partial charge < -0.3 is 10.6 Å². The molecule has 1 aromatic carbocycles. The summed E-state index contributed by atoms with van der Waals surface area (Å²) in [5, 5.41) is 2.02. The number of carbonyl (C=O) groups excluding carboxylic acids is 2. The average molecular weight is 328 g/mol. The lowest BCUT2D eigenvalue weighted by Gasteiger charge is -2.38. The fraction of sp³-hybridized carbons (Fsp3) is 0.333. The van der Waals surface area contributed by atoms with E-state index >= 15 is 0 Å². The van der Waals surface area contributed by atoms with Gasteiger partial charge in [0.15, 0.2) is 0 Å². The van der Waals surface area contributed by atoms with E-state index in [9.17, 15) is 9.59 Å². The van der Waals surface area contributed by atoms with Crippen molar-refractivity contribution in [3.63, 3.8) is 0 Å². The summed E-state index contributed by atoms with van der Waals surface area (Å²) in [5.74, 6) is -0.543. The third kappa shape index (κ3) is 3.15. The molecule has 3 rings (SSSR count). The molecule has 23 heavy (non-hydrogen) atoms. The third-order valence-electron chi connectivity index (χ3n) is 4.37. The van der Waals surface area contributed by atoms with Crippen LogP contribution in [0.3, 0.4) is 0 Å². The Morgan fingerprint density at radius 1 is 1.26 bits per heavy atom. The molecule has 120 valence electrons. The Morgan fingerprint density at radius 3 is 2.74 bits per heavy atom. The number of benzene rings is 1. The van der Waals surface area contributed by atoms with Crippen LogP contribution in [0.2, 0.25) is 0 Å². The highest BCUT2D eigenvalue weighted by Crippen LogP contribution is 2.38. The van der Waals surface area contributed by atoms with E-state index in [0.717, 1.165) is 17.7 Å². The molecule has 1 aliphatic rings. The van der Waals surface area contributed by atoms with Crippen molar-refractivity contribution in [3.05, 3.63) is 52.2 Å². The molecular weight excluding hydrogens is 308 g/mol. The number of primary amides is 1. The number of nitrogens with two attached hydrogens (primary N) is 1. The number of hydrogen-bond acceptors (Lipinski definition) is 3. The van der Waals surface area contributed by atoms with Gasteiger partial charge in [-0.2, -0.15) is 0 Å². The molecule has 2 atom stereocenters. The highest BCUT2D eigenvalue weighted by atomic mass is 32.1. The van der Waals surface area contributed by atoms with Crippen LogP contribution in [-0.4, -0.2) is 17.9 Å². The highest BCUT2D eigenvalue weighted by Gasteiger charge is 2.35. The van der Waals surface area contributed by atoms with Crippen molar-refractivity contribution in [1.82, 2.24) is 0 Å². The molecule has 2 heterocycles. The van der Waals surface area contributed by atoms with Gasteiger partial charge in [-0.1, -0.05) is 24.3 Å². The quantitative estimate of drug-likeness (QED) is 0.937. The minimum absolute atomic E-state index is 0.0294. The first kappa shape index (κ1) is 15.7. The zero-order valence-electron chi connectivity index (χ0n) is 13.1. The molecular formula is C18H20N2O2S. The Morgan fingerprint density at radius 2 is 2.04 bits per heavy atom. The second-order valence-corrected chi connectivity index (χ2v) is 6.97. The molecule has 0 saturated heterocycles. The molecule has 2 N–H and O–H groups in total. The van der Waals surface area contributed by atoms with E-state index in [1.54, 1.807) is 11.3 Å². The highest BCUT2D eigenvalue weighted by molar-refractivity contribution is 7.09. The molecule has 4 nitrogen and oxygen atoms in total. The van der Waals surface area contributed by atoms with Crippen LogP contribution in [-0.2, 0) is 16.0 Å². The number of para-hydroxylation sites is 1. The molecule has 0 spiro atoms. The Kier molecular flexibility index (Phi) is 4.48. The van der Waals surface area contributed by atoms with Gasteiger partial charge in [0.05, 0.1) is 5.92 Å². The molecule has 2 aromatic rings. The van der Waals surface area contributed by atoms with Crippen molar-refractivity contribution < 1.29 is 9.59 Å². The SMILES string of the molecule is C[C@H]1C[C@H](C(N)=O)c2ccccc2N1C(=O)CCc1cccs1. The summed E-state index contributed by atoms with van der Waals surface area (Å²) in [6.45, 7) is 1.98. The van der Waals surface area contributed by atoms with Gasteiger partial charge >= 0.3 is 0 Å². The minimum atomic E-state index is -0.324. The van der Waals surface area contributed by atoms with E-state index in [4.69, 9.17) is 5.73 Å². The van der Waals surface area contributed by atoms with Crippen LogP contribution in [0.5, 0.6) is 0 Å². The Hall–Kier alpha value is -2.14. The molecule has 0 aliphatic carbocycles. The number of nitrogens with zero attached hydrogens (tertiary/aromatic N) is 1. The predicted molar refractivity (Wildman–Crippen MR) is 92.6 cm³/mol. The lowest BCUT2D eigenvalue weighted by molar-refractivity contribution is -0.121. The summed E-state index contributed by atoms with van der Waals surface area (Å²) in [6.07, 6.45) is 1.80. The lowest BCUT2D eigenvalue weighted by atomic mass is 9.85. The summed E-state index contributed by atoms with van der Waals surface area (Å²) < 4.78 is 0. The smallest absolute Gasteiger partial charge is 0.227 e. The molecule has 5 heteroatoms. The van der Waals surface area contributed by atoms with Gasteiger partial charge in [-0.3, -0.25) is 9.59 Å². The van der Waals surface area contributed by atoms with Gasteiger partial charge in [-0.25, -0.2) is 0 Å². The second-order valence-electron chi connectivity index (χ2n) is 5.94. The number of aryl methyl sites for hydroxylation is 1. The van der Waals surface area contributed by atoms with Crippen LogP contribution in [0.1, 0.15) is 36.1 Å². The number of carbonyl (C=O) groups is 2. The van der Waals surface area contributed by atoms with Gasteiger partial charge in [-0.15, -0.1) is 11.3 Å². The Bertz CT molecular complexity index is 712. The maximum absolute atomic E-state index is 12.8.